The topological polar surface area (TPSA) is 109 Å². The van der Waals surface area contributed by atoms with Crippen molar-refractivity contribution in [3.8, 4) is 28.7 Å². The molecule has 1 aliphatic heterocycles. The lowest BCUT2D eigenvalue weighted by Gasteiger charge is -2.19. The van der Waals surface area contributed by atoms with Gasteiger partial charge in [-0.2, -0.15) is 0 Å². The first-order chi connectivity index (χ1) is 15.0. The van der Waals surface area contributed by atoms with Gasteiger partial charge in [0.2, 0.25) is 0 Å². The molecule has 9 heteroatoms. The molecule has 1 heterocycles. The molecule has 1 N–H and O–H groups in total. The number of carbonyl (C=O) groups excluding carboxylic acids is 1. The molecule has 31 heavy (non-hydrogen) atoms. The first-order valence-corrected chi connectivity index (χ1v) is 9.35. The van der Waals surface area contributed by atoms with Crippen LogP contribution in [-0.2, 0) is 0 Å². The smallest absolute Gasteiger partial charge is 0.270 e. The fraction of sp³-hybridized carbons (Fsp3) is 0.136. The Bertz CT molecular complexity index is 1130. The van der Waals surface area contributed by atoms with Gasteiger partial charge < -0.3 is 24.3 Å². The Kier molecular flexibility index (Phi) is 5.57. The molecule has 3 aromatic carbocycles. The highest BCUT2D eigenvalue weighted by Crippen LogP contribution is 2.34. The lowest BCUT2D eigenvalue weighted by Crippen LogP contribution is -2.17. The molecule has 4 rings (SSSR count). The van der Waals surface area contributed by atoms with E-state index in [0.717, 1.165) is 0 Å². The first kappa shape index (κ1) is 20.0. The van der Waals surface area contributed by atoms with E-state index in [1.54, 1.807) is 49.6 Å². The van der Waals surface area contributed by atoms with Gasteiger partial charge in [-0.05, 0) is 42.5 Å². The number of non-ortho nitro benzene ring substituents is 1. The van der Waals surface area contributed by atoms with Crippen LogP contribution in [0.1, 0.15) is 10.4 Å². The molecule has 0 saturated carbocycles. The van der Waals surface area contributed by atoms with Crippen LogP contribution in [-0.4, -0.2) is 31.2 Å². The van der Waals surface area contributed by atoms with Crippen LogP contribution >= 0.6 is 0 Å². The average Bonchev–Trinajstić information content (AvgIpc) is 2.79. The number of anilines is 1. The van der Waals surface area contributed by atoms with Crippen molar-refractivity contribution in [3.63, 3.8) is 0 Å². The van der Waals surface area contributed by atoms with Gasteiger partial charge >= 0.3 is 0 Å². The van der Waals surface area contributed by atoms with Crippen molar-refractivity contribution in [2.24, 2.45) is 0 Å². The van der Waals surface area contributed by atoms with Crippen LogP contribution < -0.4 is 24.3 Å². The second kappa shape index (κ2) is 8.62. The van der Waals surface area contributed by atoms with Gasteiger partial charge in [0.15, 0.2) is 11.5 Å². The Hall–Kier alpha value is -4.27. The normalized spacial score (nSPS) is 12.0. The van der Waals surface area contributed by atoms with Crippen LogP contribution in [0.2, 0.25) is 0 Å². The molecule has 0 saturated heterocycles. The summed E-state index contributed by atoms with van der Waals surface area (Å²) >= 11 is 0. The van der Waals surface area contributed by atoms with Crippen LogP contribution in [0.15, 0.2) is 60.7 Å². The average molecular weight is 422 g/mol. The van der Waals surface area contributed by atoms with Crippen LogP contribution in [0.3, 0.4) is 0 Å². The highest BCUT2D eigenvalue weighted by atomic mass is 16.6. The highest BCUT2D eigenvalue weighted by molar-refractivity contribution is 6.06. The molecule has 9 nitrogen and oxygen atoms in total. The summed E-state index contributed by atoms with van der Waals surface area (Å²) in [7, 11) is 1.55. The summed E-state index contributed by atoms with van der Waals surface area (Å²) in [6, 6.07) is 15.6. The van der Waals surface area contributed by atoms with E-state index < -0.39 is 10.8 Å². The van der Waals surface area contributed by atoms with Gasteiger partial charge in [0.25, 0.3) is 11.6 Å². The fourth-order valence-electron chi connectivity index (χ4n) is 2.99. The third-order valence-corrected chi connectivity index (χ3v) is 4.51. The quantitative estimate of drug-likeness (QED) is 0.463. The van der Waals surface area contributed by atoms with Gasteiger partial charge in [-0.1, -0.05) is 0 Å². The van der Waals surface area contributed by atoms with Crippen LogP contribution in [0.25, 0.3) is 0 Å². The summed E-state index contributed by atoms with van der Waals surface area (Å²) in [5.74, 6) is 1.80. The number of rotatable bonds is 6. The monoisotopic (exact) mass is 422 g/mol. The highest BCUT2D eigenvalue weighted by Gasteiger charge is 2.20. The van der Waals surface area contributed by atoms with Crippen molar-refractivity contribution in [1.82, 2.24) is 0 Å². The number of amides is 1. The molecule has 0 fully saturated rings. The largest absolute Gasteiger partial charge is 0.497 e. The number of nitro groups is 1. The zero-order valence-corrected chi connectivity index (χ0v) is 16.5. The van der Waals surface area contributed by atoms with Crippen molar-refractivity contribution in [2.75, 3.05) is 25.6 Å². The zero-order chi connectivity index (χ0) is 21.8. The van der Waals surface area contributed by atoms with Crippen molar-refractivity contribution in [2.45, 2.75) is 0 Å². The molecule has 0 aromatic heterocycles. The molecule has 158 valence electrons. The van der Waals surface area contributed by atoms with E-state index in [1.807, 2.05) is 0 Å². The molecular weight excluding hydrogens is 404 g/mol. The van der Waals surface area contributed by atoms with E-state index in [0.29, 0.717) is 41.9 Å². The maximum Gasteiger partial charge on any atom is 0.270 e. The minimum absolute atomic E-state index is 0.0138. The predicted molar refractivity (Wildman–Crippen MR) is 112 cm³/mol. The predicted octanol–water partition coefficient (Wildman–Crippen LogP) is 4.42. The molecule has 3 aromatic rings. The summed E-state index contributed by atoms with van der Waals surface area (Å²) in [5.41, 5.74) is 0.241. The molecule has 1 aliphatic rings. The van der Waals surface area contributed by atoms with Crippen molar-refractivity contribution < 1.29 is 28.7 Å². The third kappa shape index (κ3) is 4.50. The lowest BCUT2D eigenvalue weighted by atomic mass is 10.1. The minimum atomic E-state index is -0.571. The standard InChI is InChI=1S/C22H18N2O7/c1-28-16-4-6-17(7-5-16)31-19-9-3-15(24(26)27)13-18(19)22(25)23-14-2-8-20-21(12-14)30-11-10-29-20/h2-9,12-13H,10-11H2,1H3,(H,23,25). The van der Waals surface area contributed by atoms with Crippen LogP contribution in [0, 0.1) is 10.1 Å². The number of nitrogens with one attached hydrogen (secondary N) is 1. The summed E-state index contributed by atoms with van der Waals surface area (Å²) in [4.78, 5) is 23.6. The van der Waals surface area contributed by atoms with E-state index in [4.69, 9.17) is 18.9 Å². The number of benzene rings is 3. The Morgan fingerprint density at radius 1 is 0.968 bits per heavy atom. The molecule has 0 spiro atoms. The molecule has 0 bridgehead atoms. The third-order valence-electron chi connectivity index (χ3n) is 4.51. The Labute approximate surface area is 177 Å². The van der Waals surface area contributed by atoms with Gasteiger partial charge in [-0.3, -0.25) is 14.9 Å². The van der Waals surface area contributed by atoms with E-state index >= 15 is 0 Å². The number of hydrogen-bond donors (Lipinski definition) is 1. The van der Waals surface area contributed by atoms with Gasteiger partial charge in [0.05, 0.1) is 17.6 Å². The van der Waals surface area contributed by atoms with Gasteiger partial charge in [0, 0.05) is 23.9 Å². The second-order valence-corrected chi connectivity index (χ2v) is 6.53. The second-order valence-electron chi connectivity index (χ2n) is 6.53. The number of methoxy groups -OCH3 is 1. The Morgan fingerprint density at radius 3 is 2.39 bits per heavy atom. The van der Waals surface area contributed by atoms with Crippen LogP contribution in [0.4, 0.5) is 11.4 Å². The number of carbonyl (C=O) groups is 1. The molecular formula is C22H18N2O7. The van der Waals surface area contributed by atoms with Crippen molar-refractivity contribution in [1.29, 1.82) is 0 Å². The van der Waals surface area contributed by atoms with E-state index in [9.17, 15) is 14.9 Å². The SMILES string of the molecule is COc1ccc(Oc2ccc([N+](=O)[O-])cc2C(=O)Nc2ccc3c(c2)OCCO3)cc1. The molecule has 0 aliphatic carbocycles. The lowest BCUT2D eigenvalue weighted by molar-refractivity contribution is -0.384. The maximum absolute atomic E-state index is 13.0. The number of nitrogens with zero attached hydrogens (tertiary/aromatic N) is 1. The van der Waals surface area contributed by atoms with Gasteiger partial charge in [0.1, 0.15) is 30.5 Å². The Balaban J connectivity index is 1.62. The number of fused-ring (bicyclic) bond motifs is 1. The summed E-state index contributed by atoms with van der Waals surface area (Å²) in [6.07, 6.45) is 0. The van der Waals surface area contributed by atoms with Crippen molar-refractivity contribution in [3.05, 3.63) is 76.3 Å². The van der Waals surface area contributed by atoms with E-state index in [-0.39, 0.29) is 17.0 Å². The van der Waals surface area contributed by atoms with Gasteiger partial charge in [-0.15, -0.1) is 0 Å². The molecule has 0 atom stereocenters. The number of ether oxygens (including phenoxy) is 4. The first-order valence-electron chi connectivity index (χ1n) is 9.35. The van der Waals surface area contributed by atoms with E-state index in [2.05, 4.69) is 5.32 Å². The van der Waals surface area contributed by atoms with Gasteiger partial charge in [-0.25, -0.2) is 0 Å². The molecule has 1 amide bonds. The number of hydrogen-bond acceptors (Lipinski definition) is 7. The minimum Gasteiger partial charge on any atom is -0.497 e. The summed E-state index contributed by atoms with van der Waals surface area (Å²) in [5, 5.41) is 13.9. The molecule has 0 unspecified atom stereocenters. The summed E-state index contributed by atoms with van der Waals surface area (Å²) in [6.45, 7) is 0.869. The maximum atomic E-state index is 13.0. The molecule has 0 radical (unpaired) electrons. The number of nitro benzene ring substituents is 1. The van der Waals surface area contributed by atoms with Crippen molar-refractivity contribution >= 4 is 17.3 Å². The fourth-order valence-corrected chi connectivity index (χ4v) is 2.99. The van der Waals surface area contributed by atoms with Crippen LogP contribution in [0.5, 0.6) is 28.7 Å². The zero-order valence-electron chi connectivity index (χ0n) is 16.5. The summed E-state index contributed by atoms with van der Waals surface area (Å²) < 4.78 is 21.9. The Morgan fingerprint density at radius 2 is 1.68 bits per heavy atom. The van der Waals surface area contributed by atoms with E-state index in [1.165, 1.54) is 18.2 Å².